The van der Waals surface area contributed by atoms with Crippen LogP contribution < -0.4 is 16.0 Å². The highest BCUT2D eigenvalue weighted by molar-refractivity contribution is 7.99. The molecule has 28 heavy (non-hydrogen) atoms. The van der Waals surface area contributed by atoms with Crippen molar-refractivity contribution in [1.29, 1.82) is 0 Å². The molecule has 0 saturated carbocycles. The lowest BCUT2D eigenvalue weighted by Crippen LogP contribution is -2.57. The van der Waals surface area contributed by atoms with E-state index < -0.39 is 11.9 Å². The number of carbonyl (C=O) groups excluding carboxylic acids is 3. The zero-order valence-electron chi connectivity index (χ0n) is 15.5. The van der Waals surface area contributed by atoms with E-state index in [9.17, 15) is 14.4 Å². The number of hydrogen-bond donors (Lipinski definition) is 3. The molecular weight excluding hydrogens is 382 g/mol. The second-order valence-electron chi connectivity index (χ2n) is 6.57. The minimum atomic E-state index is -0.507. The van der Waals surface area contributed by atoms with E-state index in [1.807, 2.05) is 31.2 Å². The quantitative estimate of drug-likeness (QED) is 0.593. The van der Waals surface area contributed by atoms with Gasteiger partial charge in [-0.2, -0.15) is 0 Å². The van der Waals surface area contributed by atoms with Crippen LogP contribution in [0.3, 0.4) is 0 Å². The molecule has 3 N–H and O–H groups in total. The van der Waals surface area contributed by atoms with Gasteiger partial charge in [0, 0.05) is 19.0 Å². The summed E-state index contributed by atoms with van der Waals surface area (Å²) in [7, 11) is 0. The van der Waals surface area contributed by atoms with Crippen molar-refractivity contribution in [3.05, 3.63) is 41.3 Å². The number of benzene rings is 1. The molecule has 2 unspecified atom stereocenters. The number of hydrogen-bond acceptors (Lipinski definition) is 7. The van der Waals surface area contributed by atoms with E-state index in [4.69, 9.17) is 4.42 Å². The van der Waals surface area contributed by atoms with Crippen LogP contribution in [0.1, 0.15) is 23.9 Å². The molecule has 0 aliphatic carbocycles. The Kier molecular flexibility index (Phi) is 6.30. The number of carbonyl (C=O) groups is 3. The van der Waals surface area contributed by atoms with Gasteiger partial charge in [-0.25, -0.2) is 4.79 Å². The summed E-state index contributed by atoms with van der Waals surface area (Å²) in [4.78, 5) is 35.2. The maximum absolute atomic E-state index is 12.0. The van der Waals surface area contributed by atoms with Gasteiger partial charge in [-0.05, 0) is 19.4 Å². The molecule has 1 aromatic carbocycles. The minimum Gasteiger partial charge on any atom is -0.416 e. The fourth-order valence-corrected chi connectivity index (χ4v) is 3.31. The summed E-state index contributed by atoms with van der Waals surface area (Å²) in [5, 5.41) is 15.8. The van der Waals surface area contributed by atoms with Gasteiger partial charge in [0.25, 0.3) is 5.22 Å². The molecule has 0 radical (unpaired) electrons. The number of nitrogens with one attached hydrogen (secondary N) is 3. The number of aromatic nitrogens is 2. The highest BCUT2D eigenvalue weighted by atomic mass is 32.2. The Morgan fingerprint density at radius 1 is 1.25 bits per heavy atom. The van der Waals surface area contributed by atoms with E-state index >= 15 is 0 Å². The van der Waals surface area contributed by atoms with E-state index in [-0.39, 0.29) is 41.1 Å². The van der Waals surface area contributed by atoms with Crippen LogP contribution in [-0.2, 0) is 22.6 Å². The number of imide groups is 1. The Hall–Kier alpha value is -2.88. The Bertz CT molecular complexity index is 867. The predicted molar refractivity (Wildman–Crippen MR) is 101 cm³/mol. The first kappa shape index (κ1) is 19.9. The lowest BCUT2D eigenvalue weighted by molar-refractivity contribution is -0.125. The van der Waals surface area contributed by atoms with Gasteiger partial charge in [0.2, 0.25) is 17.7 Å². The molecule has 1 fully saturated rings. The van der Waals surface area contributed by atoms with Crippen LogP contribution in [0.15, 0.2) is 33.9 Å². The van der Waals surface area contributed by atoms with Crippen molar-refractivity contribution < 1.29 is 18.8 Å². The summed E-state index contributed by atoms with van der Waals surface area (Å²) < 4.78 is 5.50. The molecule has 2 aromatic rings. The van der Waals surface area contributed by atoms with Crippen molar-refractivity contribution in [2.24, 2.45) is 5.92 Å². The first-order valence-electron chi connectivity index (χ1n) is 8.79. The van der Waals surface area contributed by atoms with E-state index in [0.29, 0.717) is 6.54 Å². The van der Waals surface area contributed by atoms with Crippen molar-refractivity contribution in [2.45, 2.75) is 38.1 Å². The third-order valence-corrected chi connectivity index (χ3v) is 5.13. The van der Waals surface area contributed by atoms with Gasteiger partial charge in [-0.15, -0.1) is 10.2 Å². The minimum absolute atomic E-state index is 0.143. The number of aryl methyl sites for hydroxylation is 1. The summed E-state index contributed by atoms with van der Waals surface area (Å²) in [6.45, 7) is 4.20. The van der Waals surface area contributed by atoms with Gasteiger partial charge in [0.1, 0.15) is 0 Å². The summed E-state index contributed by atoms with van der Waals surface area (Å²) in [6, 6.07) is 7.09. The molecule has 0 spiro atoms. The molecule has 4 amide bonds. The van der Waals surface area contributed by atoms with Gasteiger partial charge in [-0.1, -0.05) is 41.6 Å². The standard InChI is InChI=1S/C18H21N5O4S/c1-10-3-5-12(6-4-10)8-19-14(24)9-28-18-23-22-15(27-18)7-13-11(2)20-17(26)21-16(13)25/h3-6,11,13H,7-9H2,1-2H3,(H,19,24)(H2,20,21,25,26). The molecule has 10 heteroatoms. The zero-order chi connectivity index (χ0) is 20.1. The van der Waals surface area contributed by atoms with Crippen molar-refractivity contribution in [2.75, 3.05) is 5.75 Å². The number of thioether (sulfide) groups is 1. The van der Waals surface area contributed by atoms with Gasteiger partial charge in [0.15, 0.2) is 0 Å². The zero-order valence-corrected chi connectivity index (χ0v) is 16.3. The summed E-state index contributed by atoms with van der Waals surface area (Å²) >= 11 is 1.13. The van der Waals surface area contributed by atoms with Crippen LogP contribution in [0, 0.1) is 12.8 Å². The number of rotatable bonds is 7. The first-order valence-corrected chi connectivity index (χ1v) is 9.78. The van der Waals surface area contributed by atoms with Gasteiger partial charge < -0.3 is 15.1 Å². The first-order chi connectivity index (χ1) is 13.4. The van der Waals surface area contributed by atoms with Gasteiger partial charge in [0.05, 0.1) is 11.7 Å². The molecule has 1 saturated heterocycles. The second-order valence-corrected chi connectivity index (χ2v) is 7.50. The third kappa shape index (κ3) is 5.32. The van der Waals surface area contributed by atoms with Crippen LogP contribution in [-0.4, -0.2) is 39.8 Å². The van der Waals surface area contributed by atoms with Crippen LogP contribution in [0.25, 0.3) is 0 Å². The predicted octanol–water partition coefficient (Wildman–Crippen LogP) is 1.17. The van der Waals surface area contributed by atoms with Crippen molar-refractivity contribution in [3.8, 4) is 0 Å². The highest BCUT2D eigenvalue weighted by Crippen LogP contribution is 2.20. The summed E-state index contributed by atoms with van der Waals surface area (Å²) in [5.74, 6) is -0.587. The highest BCUT2D eigenvalue weighted by Gasteiger charge is 2.34. The van der Waals surface area contributed by atoms with Crippen molar-refractivity contribution in [1.82, 2.24) is 26.1 Å². The maximum atomic E-state index is 12.0. The molecule has 1 aromatic heterocycles. The molecule has 9 nitrogen and oxygen atoms in total. The van der Waals surface area contributed by atoms with Crippen LogP contribution in [0.2, 0.25) is 0 Å². The van der Waals surface area contributed by atoms with E-state index in [1.165, 1.54) is 5.56 Å². The Morgan fingerprint density at radius 3 is 2.71 bits per heavy atom. The molecule has 1 aliphatic heterocycles. The molecule has 2 atom stereocenters. The molecule has 0 bridgehead atoms. The van der Waals surface area contributed by atoms with Crippen LogP contribution in [0.5, 0.6) is 0 Å². The monoisotopic (exact) mass is 403 g/mol. The van der Waals surface area contributed by atoms with Gasteiger partial charge in [-0.3, -0.25) is 14.9 Å². The Balaban J connectivity index is 1.45. The third-order valence-electron chi connectivity index (χ3n) is 4.32. The topological polar surface area (TPSA) is 126 Å². The van der Waals surface area contributed by atoms with Crippen molar-refractivity contribution >= 4 is 29.6 Å². The second kappa shape index (κ2) is 8.87. The fraction of sp³-hybridized carbons (Fsp3) is 0.389. The number of urea groups is 1. The smallest absolute Gasteiger partial charge is 0.321 e. The SMILES string of the molecule is Cc1ccc(CNC(=O)CSc2nnc(CC3C(=O)NC(=O)NC3C)o2)cc1. The fourth-order valence-electron chi connectivity index (χ4n) is 2.70. The molecule has 1 aliphatic rings. The van der Waals surface area contributed by atoms with Crippen molar-refractivity contribution in [3.63, 3.8) is 0 Å². The molecular formula is C18H21N5O4S. The lowest BCUT2D eigenvalue weighted by atomic mass is 9.95. The summed E-state index contributed by atoms with van der Waals surface area (Å²) in [5.41, 5.74) is 2.19. The maximum Gasteiger partial charge on any atom is 0.321 e. The van der Waals surface area contributed by atoms with Gasteiger partial charge >= 0.3 is 6.03 Å². The van der Waals surface area contributed by atoms with Crippen LogP contribution >= 0.6 is 11.8 Å². The van der Waals surface area contributed by atoms with E-state index in [0.717, 1.165) is 17.3 Å². The van der Waals surface area contributed by atoms with E-state index in [1.54, 1.807) is 6.92 Å². The normalized spacial score (nSPS) is 19.1. The summed E-state index contributed by atoms with van der Waals surface area (Å²) in [6.07, 6.45) is 0.209. The molecule has 2 heterocycles. The number of nitrogens with zero attached hydrogens (tertiary/aromatic N) is 2. The largest absolute Gasteiger partial charge is 0.416 e. The Labute approximate surface area is 166 Å². The lowest BCUT2D eigenvalue weighted by Gasteiger charge is -2.27. The average Bonchev–Trinajstić information content (AvgIpc) is 3.10. The Morgan fingerprint density at radius 2 is 2.00 bits per heavy atom. The number of amides is 4. The van der Waals surface area contributed by atoms with E-state index in [2.05, 4.69) is 26.1 Å². The average molecular weight is 403 g/mol. The van der Waals surface area contributed by atoms with Crippen LogP contribution in [0.4, 0.5) is 4.79 Å². The molecule has 148 valence electrons. The molecule has 3 rings (SSSR count).